The molecule has 0 spiro atoms. The van der Waals surface area contributed by atoms with Gasteiger partial charge in [0.1, 0.15) is 0 Å². The molecule has 10 nitrogen and oxygen atoms in total. The topological polar surface area (TPSA) is 112 Å². The standard InChI is InChI=1S/C60H38N4S.C48H31BrN4.C12H9BO2S.3CH4/c1-5-16-39(17-6-1)53-35-44(36-54(61-53)40-18-7-2-8-19-40)63-32-30-49-52-34-43(46-25-15-26-50-47-24-13-14-27-57(47)65-60(46)50)28-29-48(52)58-51(59(49)63)31-33-64(58)45-37-55(41-20-9-3-10-21-41)62-56(38-45)42-22-11-4-12-23-42;49-36-21-22-39-42(27-36)40-23-25-52(37-28-43(32-13-5-1-6-14-32)50-44(29-37)33-15-7-2-8-16-33)48(40)41-24-26-53(47(39)41)38-30-45(34-17-9-3-10-18-34)51-46(31-38)35-19-11-4-12-20-35;14-13(15)10-6-3-5-9-8-4-1-2-7-11(8)16-12(9)10;;;/h1-38H;1-31H;1-7,14-15H;3*1H4. The predicted molar refractivity (Wildman–Crippen MR) is 585 cm³/mol. The largest absolute Gasteiger partial charge is 0.489 e. The Morgan fingerprint density at radius 3 is 0.803 bits per heavy atom. The minimum atomic E-state index is -1.41. The van der Waals surface area contributed by atoms with E-state index in [0.717, 1.165) is 155 Å². The van der Waals surface area contributed by atoms with Crippen LogP contribution in [0, 0.1) is 0 Å². The molecule has 10 heterocycles. The maximum absolute atomic E-state index is 9.31. The average Bonchev–Trinajstić information content (AvgIpc) is 1.56. The zero-order chi connectivity index (χ0) is 89.3. The fourth-order valence-electron chi connectivity index (χ4n) is 19.2. The van der Waals surface area contributed by atoms with Gasteiger partial charge in [-0.05, 0) is 136 Å². The Kier molecular flexibility index (Phi) is 23.8. The monoisotopic (exact) mass is 1860 g/mol. The summed E-state index contributed by atoms with van der Waals surface area (Å²) in [5.41, 5.74) is 27.8. The number of aromatic nitrogens is 8. The summed E-state index contributed by atoms with van der Waals surface area (Å²) in [7, 11) is -1.41. The highest BCUT2D eigenvalue weighted by Gasteiger charge is 2.26. The number of hydrogen-bond acceptors (Lipinski definition) is 8. The van der Waals surface area contributed by atoms with E-state index in [1.165, 1.54) is 79.1 Å². The summed E-state index contributed by atoms with van der Waals surface area (Å²) in [6.07, 6.45) is 8.89. The van der Waals surface area contributed by atoms with Crippen LogP contribution in [0.5, 0.6) is 0 Å². The fraction of sp³-hybridized carbons (Fsp3) is 0.0244. The maximum Gasteiger partial charge on any atom is 0.489 e. The molecule has 0 aliphatic carbocycles. The van der Waals surface area contributed by atoms with Crippen molar-refractivity contribution in [3.05, 3.63) is 466 Å². The second-order valence-electron chi connectivity index (χ2n) is 33.5. The lowest BCUT2D eigenvalue weighted by Gasteiger charge is -2.16. The van der Waals surface area contributed by atoms with Gasteiger partial charge in [0.15, 0.2) is 0 Å². The van der Waals surface area contributed by atoms with Crippen LogP contribution in [-0.4, -0.2) is 55.4 Å². The van der Waals surface area contributed by atoms with Gasteiger partial charge in [0.25, 0.3) is 0 Å². The zero-order valence-electron chi connectivity index (χ0n) is 72.1. The first-order chi connectivity index (χ1) is 66.2. The number of hydrogen-bond donors (Lipinski definition) is 2. The third-order valence-corrected chi connectivity index (χ3v) is 28.4. The predicted octanol–water partition coefficient (Wildman–Crippen LogP) is 32.8. The molecule has 0 aliphatic rings. The van der Waals surface area contributed by atoms with Crippen LogP contribution in [0.1, 0.15) is 22.3 Å². The first-order valence-corrected chi connectivity index (χ1v) is 47.1. The third kappa shape index (κ3) is 16.2. The maximum atomic E-state index is 9.31. The SMILES string of the molecule is Brc1ccc2c(c1)c1ccn(-c3cc(-c4ccccc4)nc(-c4ccccc4)c3)c1c1ccn(-c3cc(-c4ccccc4)nc(-c4ccccc4)c3)c21.C.C.C.OB(O)c1cccc2c1sc1ccccc12.c1ccc(-c2cc(-n3ccc4c5cc(-c6cccc7c6sc6ccccc67)ccc5c5c(ccn5-c5cc(-c6ccccc6)nc(-c6ccccc6)c5)c43)cc(-c3ccccc3)n2)cc1. The van der Waals surface area contributed by atoms with Crippen molar-refractivity contribution in [3.8, 4) is 124 Å². The average molecular weight is 1870 g/mol. The van der Waals surface area contributed by atoms with Crippen molar-refractivity contribution in [2.24, 2.45) is 0 Å². The van der Waals surface area contributed by atoms with Gasteiger partial charge in [-0.15, -0.1) is 22.7 Å². The van der Waals surface area contributed by atoms with Crippen molar-refractivity contribution >= 4 is 157 Å². The molecule has 26 aromatic rings. The Bertz CT molecular complexity index is 8750. The molecule has 10 aromatic heterocycles. The lowest BCUT2D eigenvalue weighted by Crippen LogP contribution is -2.29. The molecule has 0 fully saturated rings. The van der Waals surface area contributed by atoms with Gasteiger partial charge in [0, 0.05) is 164 Å². The van der Waals surface area contributed by atoms with E-state index >= 15 is 0 Å². The highest BCUT2D eigenvalue weighted by atomic mass is 79.9. The third-order valence-electron chi connectivity index (χ3n) is 25.5. The Morgan fingerprint density at radius 1 is 0.212 bits per heavy atom. The molecular formula is C123H90BBrN8O2S2. The van der Waals surface area contributed by atoms with Crippen LogP contribution in [-0.2, 0) is 0 Å². The molecule has 26 rings (SSSR count). The van der Waals surface area contributed by atoms with E-state index in [9.17, 15) is 10.0 Å². The number of pyridine rings is 4. The van der Waals surface area contributed by atoms with Gasteiger partial charge in [0.2, 0.25) is 0 Å². The quantitative estimate of drug-likeness (QED) is 0.105. The van der Waals surface area contributed by atoms with E-state index in [0.29, 0.717) is 5.46 Å². The minimum Gasteiger partial charge on any atom is -0.423 e. The summed E-state index contributed by atoms with van der Waals surface area (Å²) in [4.78, 5) is 20.8. The molecule has 137 heavy (non-hydrogen) atoms. The van der Waals surface area contributed by atoms with Gasteiger partial charge in [0.05, 0.1) is 67.6 Å². The molecule has 0 radical (unpaired) electrons. The van der Waals surface area contributed by atoms with E-state index in [2.05, 4.69) is 435 Å². The van der Waals surface area contributed by atoms with Crippen LogP contribution in [0.4, 0.5) is 0 Å². The second-order valence-corrected chi connectivity index (χ2v) is 36.6. The Labute approximate surface area is 810 Å². The smallest absolute Gasteiger partial charge is 0.423 e. The molecule has 0 atom stereocenters. The molecule has 0 saturated heterocycles. The van der Waals surface area contributed by atoms with Crippen LogP contribution >= 0.6 is 38.6 Å². The number of halogens is 1. The Balaban J connectivity index is 0.000000140. The van der Waals surface area contributed by atoms with Gasteiger partial charge < -0.3 is 28.3 Å². The molecule has 16 aromatic carbocycles. The van der Waals surface area contributed by atoms with Crippen molar-refractivity contribution in [1.29, 1.82) is 0 Å². The van der Waals surface area contributed by atoms with Crippen molar-refractivity contribution in [2.45, 2.75) is 22.3 Å². The van der Waals surface area contributed by atoms with Crippen LogP contribution < -0.4 is 5.46 Å². The van der Waals surface area contributed by atoms with Crippen molar-refractivity contribution in [3.63, 3.8) is 0 Å². The summed E-state index contributed by atoms with van der Waals surface area (Å²) in [5, 5.41) is 32.9. The lowest BCUT2D eigenvalue weighted by molar-refractivity contribution is 0.426. The first kappa shape index (κ1) is 87.4. The van der Waals surface area contributed by atoms with Gasteiger partial charge in [-0.25, -0.2) is 19.9 Å². The molecular weight excluding hydrogens is 1780 g/mol. The molecule has 0 amide bonds. The second kappa shape index (κ2) is 37.3. The van der Waals surface area contributed by atoms with Crippen molar-refractivity contribution < 1.29 is 10.0 Å². The van der Waals surface area contributed by atoms with E-state index < -0.39 is 7.12 Å². The summed E-state index contributed by atoms with van der Waals surface area (Å²) >= 11 is 7.27. The summed E-state index contributed by atoms with van der Waals surface area (Å²) in [5.74, 6) is 0. The number of thiophene rings is 2. The molecule has 0 unspecified atom stereocenters. The van der Waals surface area contributed by atoms with Crippen LogP contribution in [0.3, 0.4) is 0 Å². The minimum absolute atomic E-state index is 0. The van der Waals surface area contributed by atoms with Crippen molar-refractivity contribution in [2.75, 3.05) is 0 Å². The number of fused-ring (bicyclic) bond motifs is 18. The molecule has 656 valence electrons. The van der Waals surface area contributed by atoms with Gasteiger partial charge >= 0.3 is 7.12 Å². The van der Waals surface area contributed by atoms with E-state index in [1.807, 2.05) is 65.9 Å². The number of nitrogens with zero attached hydrogens (tertiary/aromatic N) is 8. The van der Waals surface area contributed by atoms with E-state index in [-0.39, 0.29) is 22.3 Å². The Morgan fingerprint density at radius 2 is 0.474 bits per heavy atom. The van der Waals surface area contributed by atoms with Gasteiger partial charge in [-0.3, -0.25) is 0 Å². The molecule has 2 N–H and O–H groups in total. The van der Waals surface area contributed by atoms with E-state index in [4.69, 9.17) is 19.9 Å². The van der Waals surface area contributed by atoms with Crippen LogP contribution in [0.25, 0.3) is 229 Å². The lowest BCUT2D eigenvalue weighted by atomic mass is 9.80. The highest BCUT2D eigenvalue weighted by molar-refractivity contribution is 9.10. The summed E-state index contributed by atoms with van der Waals surface area (Å²) in [6, 6.07) is 153. The van der Waals surface area contributed by atoms with Crippen molar-refractivity contribution in [1.82, 2.24) is 38.2 Å². The molecule has 0 saturated carbocycles. The highest BCUT2D eigenvalue weighted by Crippen LogP contribution is 2.48. The summed E-state index contributed by atoms with van der Waals surface area (Å²) in [6.45, 7) is 0. The van der Waals surface area contributed by atoms with Crippen LogP contribution in [0.15, 0.2) is 466 Å². The van der Waals surface area contributed by atoms with Gasteiger partial charge in [-0.1, -0.05) is 372 Å². The van der Waals surface area contributed by atoms with Crippen LogP contribution in [0.2, 0.25) is 0 Å². The fourth-order valence-corrected chi connectivity index (χ4v) is 22.0. The number of rotatable bonds is 14. The Hall–Kier alpha value is -16.3. The molecule has 14 heteroatoms. The number of benzene rings is 16. The molecule has 0 bridgehead atoms. The van der Waals surface area contributed by atoms with Gasteiger partial charge in [-0.2, -0.15) is 0 Å². The zero-order valence-corrected chi connectivity index (χ0v) is 75.3. The summed E-state index contributed by atoms with van der Waals surface area (Å²) < 4.78 is 15.2. The van der Waals surface area contributed by atoms with E-state index in [1.54, 1.807) is 17.4 Å². The molecule has 0 aliphatic heterocycles. The normalized spacial score (nSPS) is 11.3. The first-order valence-electron chi connectivity index (χ1n) is 44.7.